The molecule has 3 rings (SSSR count). The van der Waals surface area contributed by atoms with Crippen LogP contribution in [-0.4, -0.2) is 34.7 Å². The molecule has 0 spiro atoms. The maximum Gasteiger partial charge on any atom is 0.417 e. The molecule has 0 saturated heterocycles. The summed E-state index contributed by atoms with van der Waals surface area (Å²) in [6, 6.07) is 11.8. The number of amides is 1. The van der Waals surface area contributed by atoms with E-state index in [9.17, 15) is 18.0 Å². The highest BCUT2D eigenvalue weighted by Gasteiger charge is 2.34. The van der Waals surface area contributed by atoms with Crippen molar-refractivity contribution in [2.75, 3.05) is 13.7 Å². The van der Waals surface area contributed by atoms with Crippen LogP contribution in [0.4, 0.5) is 13.2 Å². The van der Waals surface area contributed by atoms with Crippen molar-refractivity contribution in [3.8, 4) is 17.1 Å². The minimum Gasteiger partial charge on any atom is -0.497 e. The van der Waals surface area contributed by atoms with Gasteiger partial charge in [0.1, 0.15) is 11.6 Å². The van der Waals surface area contributed by atoms with E-state index < -0.39 is 23.2 Å². The Balaban J connectivity index is 1.60. The smallest absolute Gasteiger partial charge is 0.417 e. The normalized spacial score (nSPS) is 11.3. The van der Waals surface area contributed by atoms with Crippen LogP contribution < -0.4 is 10.1 Å². The topological polar surface area (TPSA) is 79.9 Å². The third-order valence-corrected chi connectivity index (χ3v) is 4.00. The maximum absolute atomic E-state index is 13.0. The van der Waals surface area contributed by atoms with Crippen molar-refractivity contribution in [2.24, 2.45) is 0 Å². The molecule has 0 aliphatic heterocycles. The van der Waals surface area contributed by atoms with Gasteiger partial charge in [-0.25, -0.2) is 4.98 Å². The van der Waals surface area contributed by atoms with Gasteiger partial charge in [-0.15, -0.1) is 0 Å². The van der Waals surface area contributed by atoms with Crippen LogP contribution >= 0.6 is 0 Å². The van der Waals surface area contributed by atoms with Crippen molar-refractivity contribution in [3.05, 3.63) is 65.5 Å². The summed E-state index contributed by atoms with van der Waals surface area (Å²) in [4.78, 5) is 16.4. The van der Waals surface area contributed by atoms with Crippen molar-refractivity contribution >= 4 is 5.91 Å². The Kier molecular flexibility index (Phi) is 5.62. The fourth-order valence-electron chi connectivity index (χ4n) is 2.59. The molecule has 0 unspecified atom stereocenters. The van der Waals surface area contributed by atoms with Crippen LogP contribution in [0.25, 0.3) is 11.4 Å². The minimum absolute atomic E-state index is 0.113. The van der Waals surface area contributed by atoms with Gasteiger partial charge in [-0.3, -0.25) is 9.89 Å². The molecule has 28 heavy (non-hydrogen) atoms. The number of benzene rings is 2. The SMILES string of the molecule is COc1ccc(-c2n[nH]c(CCNC(=O)c3ccccc3C(F)(F)F)n2)cc1. The first-order valence-electron chi connectivity index (χ1n) is 8.38. The number of aromatic amines is 1. The van der Waals surface area contributed by atoms with E-state index >= 15 is 0 Å². The average Bonchev–Trinajstić information content (AvgIpc) is 3.16. The van der Waals surface area contributed by atoms with E-state index in [2.05, 4.69) is 20.5 Å². The lowest BCUT2D eigenvalue weighted by molar-refractivity contribution is -0.137. The zero-order valence-corrected chi connectivity index (χ0v) is 14.9. The van der Waals surface area contributed by atoms with E-state index in [-0.39, 0.29) is 6.54 Å². The molecule has 1 amide bonds. The Morgan fingerprint density at radius 3 is 2.54 bits per heavy atom. The highest BCUT2D eigenvalue weighted by Crippen LogP contribution is 2.31. The second kappa shape index (κ2) is 8.12. The lowest BCUT2D eigenvalue weighted by atomic mass is 10.1. The Labute approximate surface area is 158 Å². The van der Waals surface area contributed by atoms with Gasteiger partial charge in [-0.1, -0.05) is 12.1 Å². The summed E-state index contributed by atoms with van der Waals surface area (Å²) in [5.41, 5.74) is -0.591. The second-order valence-electron chi connectivity index (χ2n) is 5.88. The number of nitrogens with zero attached hydrogens (tertiary/aromatic N) is 2. The van der Waals surface area contributed by atoms with Crippen LogP contribution in [0.3, 0.4) is 0 Å². The molecule has 0 fully saturated rings. The van der Waals surface area contributed by atoms with Crippen molar-refractivity contribution < 1.29 is 22.7 Å². The fourth-order valence-corrected chi connectivity index (χ4v) is 2.59. The maximum atomic E-state index is 13.0. The summed E-state index contributed by atoms with van der Waals surface area (Å²) < 4.78 is 44.1. The quantitative estimate of drug-likeness (QED) is 0.676. The minimum atomic E-state index is -4.59. The van der Waals surface area contributed by atoms with E-state index in [1.54, 1.807) is 19.2 Å². The Hall–Kier alpha value is -3.36. The van der Waals surface area contributed by atoms with Crippen LogP contribution in [0.1, 0.15) is 21.7 Å². The van der Waals surface area contributed by atoms with E-state index in [1.807, 2.05) is 12.1 Å². The number of H-pyrrole nitrogens is 1. The second-order valence-corrected chi connectivity index (χ2v) is 5.88. The zero-order chi connectivity index (χ0) is 20.1. The van der Waals surface area contributed by atoms with Gasteiger partial charge in [0, 0.05) is 18.5 Å². The van der Waals surface area contributed by atoms with Crippen LogP contribution in [0.15, 0.2) is 48.5 Å². The molecular formula is C19H17F3N4O2. The molecule has 0 aliphatic carbocycles. The first-order valence-corrected chi connectivity index (χ1v) is 8.38. The monoisotopic (exact) mass is 390 g/mol. The predicted molar refractivity (Wildman–Crippen MR) is 95.9 cm³/mol. The molecule has 0 radical (unpaired) electrons. The lowest BCUT2D eigenvalue weighted by Gasteiger charge is -2.12. The number of nitrogens with one attached hydrogen (secondary N) is 2. The first-order chi connectivity index (χ1) is 13.4. The van der Waals surface area contributed by atoms with Gasteiger partial charge in [-0.05, 0) is 36.4 Å². The number of alkyl halides is 3. The van der Waals surface area contributed by atoms with Gasteiger partial charge in [-0.2, -0.15) is 18.3 Å². The Bertz CT molecular complexity index is 952. The van der Waals surface area contributed by atoms with Gasteiger partial charge in [0.25, 0.3) is 5.91 Å². The summed E-state index contributed by atoms with van der Waals surface area (Å²) in [5.74, 6) is 0.908. The third-order valence-electron chi connectivity index (χ3n) is 4.00. The predicted octanol–water partition coefficient (Wildman–Crippen LogP) is 3.47. The molecular weight excluding hydrogens is 373 g/mol. The molecule has 6 nitrogen and oxygen atoms in total. The summed E-state index contributed by atoms with van der Waals surface area (Å²) in [6.45, 7) is 0.113. The molecule has 2 aromatic carbocycles. The van der Waals surface area contributed by atoms with E-state index in [0.717, 1.165) is 17.7 Å². The number of ether oxygens (including phenoxy) is 1. The Morgan fingerprint density at radius 1 is 1.14 bits per heavy atom. The number of rotatable bonds is 6. The summed E-state index contributed by atoms with van der Waals surface area (Å²) in [7, 11) is 1.57. The van der Waals surface area contributed by atoms with E-state index in [4.69, 9.17) is 4.74 Å². The molecule has 0 atom stereocenters. The van der Waals surface area contributed by atoms with Crippen molar-refractivity contribution in [1.82, 2.24) is 20.5 Å². The Morgan fingerprint density at radius 2 is 1.86 bits per heavy atom. The van der Waals surface area contributed by atoms with Gasteiger partial charge in [0.15, 0.2) is 5.82 Å². The number of carbonyl (C=O) groups is 1. The molecule has 0 saturated carbocycles. The highest BCUT2D eigenvalue weighted by atomic mass is 19.4. The molecule has 0 bridgehead atoms. The van der Waals surface area contributed by atoms with Crippen molar-refractivity contribution in [2.45, 2.75) is 12.6 Å². The van der Waals surface area contributed by atoms with E-state index in [0.29, 0.717) is 23.8 Å². The highest BCUT2D eigenvalue weighted by molar-refractivity contribution is 5.95. The van der Waals surface area contributed by atoms with Crippen LogP contribution in [0, 0.1) is 0 Å². The fraction of sp³-hybridized carbons (Fsp3) is 0.211. The molecule has 2 N–H and O–H groups in total. The summed E-state index contributed by atoms with van der Waals surface area (Å²) in [6.07, 6.45) is -4.30. The third kappa shape index (κ3) is 4.48. The van der Waals surface area contributed by atoms with Gasteiger partial charge < -0.3 is 10.1 Å². The molecule has 3 aromatic rings. The summed E-state index contributed by atoms with van der Waals surface area (Å²) in [5, 5.41) is 9.34. The van der Waals surface area contributed by atoms with Crippen molar-refractivity contribution in [1.29, 1.82) is 0 Å². The zero-order valence-electron chi connectivity index (χ0n) is 14.9. The average molecular weight is 390 g/mol. The van der Waals surface area contributed by atoms with Gasteiger partial charge >= 0.3 is 6.18 Å². The number of hydrogen-bond acceptors (Lipinski definition) is 4. The van der Waals surface area contributed by atoms with Gasteiger partial charge in [0.2, 0.25) is 0 Å². The number of methoxy groups -OCH3 is 1. The van der Waals surface area contributed by atoms with Crippen LogP contribution in [-0.2, 0) is 12.6 Å². The number of carbonyl (C=O) groups excluding carboxylic acids is 1. The number of aromatic nitrogens is 3. The molecule has 0 aliphatic rings. The summed E-state index contributed by atoms with van der Waals surface area (Å²) >= 11 is 0. The van der Waals surface area contributed by atoms with Gasteiger partial charge in [0.05, 0.1) is 18.2 Å². The molecule has 146 valence electrons. The first kappa shape index (κ1) is 19.4. The van der Waals surface area contributed by atoms with Crippen LogP contribution in [0.2, 0.25) is 0 Å². The molecule has 1 aromatic heterocycles. The molecule has 9 heteroatoms. The molecule has 1 heterocycles. The van der Waals surface area contributed by atoms with Crippen LogP contribution in [0.5, 0.6) is 5.75 Å². The number of halogens is 3. The number of hydrogen-bond donors (Lipinski definition) is 2. The van der Waals surface area contributed by atoms with Crippen molar-refractivity contribution in [3.63, 3.8) is 0 Å². The standard InChI is InChI=1S/C19H17F3N4O2/c1-28-13-8-6-12(7-9-13)17-24-16(25-26-17)10-11-23-18(27)14-4-2-3-5-15(14)19(20,21)22/h2-9H,10-11H2,1H3,(H,23,27)(H,24,25,26). The largest absolute Gasteiger partial charge is 0.497 e. The lowest BCUT2D eigenvalue weighted by Crippen LogP contribution is -2.28. The van der Waals surface area contributed by atoms with E-state index in [1.165, 1.54) is 12.1 Å².